The molecule has 3 heterocycles. The maximum absolute atomic E-state index is 12.8. The Morgan fingerprint density at radius 2 is 1.69 bits per heavy atom. The molecule has 11 heteroatoms. The smallest absolute Gasteiger partial charge is 0.214 e. The van der Waals surface area contributed by atoms with Crippen molar-refractivity contribution in [3.05, 3.63) is 0 Å². The second-order valence-corrected chi connectivity index (χ2v) is 12.3. The van der Waals surface area contributed by atoms with E-state index in [9.17, 15) is 18.6 Å². The first-order chi connectivity index (χ1) is 15.4. The van der Waals surface area contributed by atoms with Gasteiger partial charge in [-0.25, -0.2) is 13.1 Å². The monoisotopic (exact) mass is 494 g/mol. The molecule has 0 aromatic carbocycles. The number of aliphatic hydroxyl groups is 2. The van der Waals surface area contributed by atoms with E-state index in [2.05, 4.69) is 19.8 Å². The zero-order valence-electron chi connectivity index (χ0n) is 18.7. The molecule has 1 saturated carbocycles. The second-order valence-electron chi connectivity index (χ2n) is 9.68. The summed E-state index contributed by atoms with van der Waals surface area (Å²) in [6, 6.07) is -0.338. The first-order valence-electron chi connectivity index (χ1n) is 12.2. The Morgan fingerprint density at radius 1 is 1.00 bits per heavy atom. The highest BCUT2D eigenvalue weighted by Crippen LogP contribution is 2.29. The molecular formula is C21H39ClN4O5S. The highest BCUT2D eigenvalue weighted by atomic mass is 35.5. The van der Waals surface area contributed by atoms with Gasteiger partial charge in [-0.15, -0.1) is 11.6 Å². The Balaban J connectivity index is 1.35. The van der Waals surface area contributed by atoms with Crippen molar-refractivity contribution in [2.45, 2.75) is 86.1 Å². The summed E-state index contributed by atoms with van der Waals surface area (Å²) in [5.41, 5.74) is 0. The number of nitrogens with zero attached hydrogens (tertiary/aromatic N) is 2. The van der Waals surface area contributed by atoms with Crippen LogP contribution in [0.3, 0.4) is 0 Å². The topological polar surface area (TPSA) is 114 Å². The number of piperazine rings is 1. The third-order valence-electron chi connectivity index (χ3n) is 7.67. The Hall–Kier alpha value is -0.0400. The molecule has 4 fully saturated rings. The molecular weight excluding hydrogens is 456 g/mol. The maximum atomic E-state index is 12.8. The molecule has 3 aliphatic heterocycles. The summed E-state index contributed by atoms with van der Waals surface area (Å²) in [5.74, 6) is 0. The lowest BCUT2D eigenvalue weighted by molar-refractivity contribution is -0.0201. The van der Waals surface area contributed by atoms with Gasteiger partial charge in [-0.05, 0) is 51.5 Å². The minimum absolute atomic E-state index is 0.0620. The number of hydrogen-bond acceptors (Lipinski definition) is 8. The summed E-state index contributed by atoms with van der Waals surface area (Å²) in [4.78, 5) is 4.67. The highest BCUT2D eigenvalue weighted by molar-refractivity contribution is 7.90. The number of sulfonamides is 1. The minimum atomic E-state index is -3.48. The van der Waals surface area contributed by atoms with Crippen molar-refractivity contribution in [1.29, 1.82) is 0 Å². The number of halogens is 1. The van der Waals surface area contributed by atoms with Crippen molar-refractivity contribution in [3.63, 3.8) is 0 Å². The van der Waals surface area contributed by atoms with Crippen LogP contribution in [0.4, 0.5) is 0 Å². The van der Waals surface area contributed by atoms with E-state index in [-0.39, 0.29) is 24.6 Å². The molecule has 0 radical (unpaired) electrons. The number of aliphatic hydroxyl groups excluding tert-OH is 2. The van der Waals surface area contributed by atoms with E-state index in [1.54, 1.807) is 0 Å². The van der Waals surface area contributed by atoms with Crippen molar-refractivity contribution >= 4 is 21.6 Å². The second kappa shape index (κ2) is 11.1. The molecule has 0 spiro atoms. The SMILES string of the molecule is O=S(=O)(NC[C@H]1O[C@@H](CO)[C@@H](O)[C@@H]1N1CCN(C2CCCCN2)CC1)C1CCC(Cl)CC1. The van der Waals surface area contributed by atoms with Gasteiger partial charge in [0, 0.05) is 38.1 Å². The van der Waals surface area contributed by atoms with Gasteiger partial charge in [0.05, 0.1) is 30.2 Å². The Kier molecular flexibility index (Phi) is 8.72. The Morgan fingerprint density at radius 3 is 2.31 bits per heavy atom. The van der Waals surface area contributed by atoms with Gasteiger partial charge in [0.15, 0.2) is 0 Å². The van der Waals surface area contributed by atoms with Crippen LogP contribution < -0.4 is 10.0 Å². The van der Waals surface area contributed by atoms with Gasteiger partial charge >= 0.3 is 0 Å². The third kappa shape index (κ3) is 5.78. The zero-order valence-corrected chi connectivity index (χ0v) is 20.3. The van der Waals surface area contributed by atoms with E-state index >= 15 is 0 Å². The van der Waals surface area contributed by atoms with Gasteiger partial charge < -0.3 is 20.3 Å². The lowest BCUT2D eigenvalue weighted by atomic mass is 10.00. The van der Waals surface area contributed by atoms with Crippen LogP contribution in [0, 0.1) is 0 Å². The molecule has 9 nitrogen and oxygen atoms in total. The average Bonchev–Trinajstić information content (AvgIpc) is 3.14. The van der Waals surface area contributed by atoms with E-state index in [1.165, 1.54) is 12.8 Å². The maximum Gasteiger partial charge on any atom is 0.214 e. The molecule has 0 aromatic rings. The van der Waals surface area contributed by atoms with Crippen LogP contribution in [0.5, 0.6) is 0 Å². The lowest BCUT2D eigenvalue weighted by Crippen LogP contribution is -2.61. The number of hydrogen-bond donors (Lipinski definition) is 4. The molecule has 3 saturated heterocycles. The molecule has 0 aromatic heterocycles. The van der Waals surface area contributed by atoms with Crippen molar-refractivity contribution in [1.82, 2.24) is 19.8 Å². The fraction of sp³-hybridized carbons (Fsp3) is 1.00. The van der Waals surface area contributed by atoms with Crippen LogP contribution in [-0.2, 0) is 14.8 Å². The molecule has 0 bridgehead atoms. The number of rotatable bonds is 7. The highest BCUT2D eigenvalue weighted by Gasteiger charge is 2.47. The van der Waals surface area contributed by atoms with E-state index in [1.807, 2.05) is 0 Å². The zero-order chi connectivity index (χ0) is 22.7. The number of alkyl halides is 1. The summed E-state index contributed by atoms with van der Waals surface area (Å²) in [7, 11) is -3.48. The van der Waals surface area contributed by atoms with Gasteiger partial charge in [0.25, 0.3) is 0 Å². The van der Waals surface area contributed by atoms with E-state index in [0.29, 0.717) is 31.8 Å². The Labute approximate surface area is 196 Å². The molecule has 1 unspecified atom stereocenters. The molecule has 1 aliphatic carbocycles. The fourth-order valence-electron chi connectivity index (χ4n) is 5.74. The number of piperidine rings is 1. The van der Waals surface area contributed by atoms with E-state index < -0.39 is 33.6 Å². The fourth-order valence-corrected chi connectivity index (χ4v) is 7.51. The van der Waals surface area contributed by atoms with Crippen molar-refractivity contribution < 1.29 is 23.4 Å². The van der Waals surface area contributed by atoms with Crippen molar-refractivity contribution in [2.75, 3.05) is 45.9 Å². The number of nitrogens with one attached hydrogen (secondary N) is 2. The van der Waals surface area contributed by atoms with Gasteiger partial charge in [-0.3, -0.25) is 9.80 Å². The summed E-state index contributed by atoms with van der Waals surface area (Å²) < 4.78 is 34.3. The van der Waals surface area contributed by atoms with Gasteiger partial charge in [0.1, 0.15) is 12.2 Å². The summed E-state index contributed by atoms with van der Waals surface area (Å²) >= 11 is 6.13. The summed E-state index contributed by atoms with van der Waals surface area (Å²) in [5, 5.41) is 23.7. The predicted molar refractivity (Wildman–Crippen MR) is 123 cm³/mol. The molecule has 32 heavy (non-hydrogen) atoms. The van der Waals surface area contributed by atoms with Crippen LogP contribution in [-0.4, -0.2) is 115 Å². The molecule has 186 valence electrons. The largest absolute Gasteiger partial charge is 0.394 e. The average molecular weight is 495 g/mol. The molecule has 4 N–H and O–H groups in total. The Bertz CT molecular complexity index is 694. The van der Waals surface area contributed by atoms with Gasteiger partial charge in [-0.2, -0.15) is 0 Å². The van der Waals surface area contributed by atoms with E-state index in [4.69, 9.17) is 16.3 Å². The standard InChI is InChI=1S/C21H39ClN4O5S/c22-15-4-6-16(7-5-15)32(29,30)24-13-17-20(21(28)18(14-27)31-17)26-11-9-25(10-12-26)19-3-1-2-8-23-19/h15-21,23-24,27-28H,1-14H2/t15?,16?,17-,18+,19?,20-,21-/m1/s1. The van der Waals surface area contributed by atoms with Crippen LogP contribution in [0.15, 0.2) is 0 Å². The molecule has 4 aliphatic rings. The van der Waals surface area contributed by atoms with Crippen LogP contribution in [0.25, 0.3) is 0 Å². The first kappa shape index (κ1) is 25.1. The normalized spacial score (nSPS) is 40.5. The van der Waals surface area contributed by atoms with E-state index in [0.717, 1.165) is 39.1 Å². The summed E-state index contributed by atoms with van der Waals surface area (Å²) in [6.07, 6.45) is 4.58. The number of ether oxygens (including phenoxy) is 1. The van der Waals surface area contributed by atoms with Gasteiger partial charge in [0.2, 0.25) is 10.0 Å². The molecule has 5 atom stereocenters. The van der Waals surface area contributed by atoms with Crippen LogP contribution >= 0.6 is 11.6 Å². The van der Waals surface area contributed by atoms with Gasteiger partial charge in [-0.1, -0.05) is 0 Å². The van der Waals surface area contributed by atoms with Crippen molar-refractivity contribution in [3.8, 4) is 0 Å². The van der Waals surface area contributed by atoms with Crippen LogP contribution in [0.2, 0.25) is 0 Å². The van der Waals surface area contributed by atoms with Crippen molar-refractivity contribution in [2.24, 2.45) is 0 Å². The minimum Gasteiger partial charge on any atom is -0.394 e. The third-order valence-corrected chi connectivity index (χ3v) is 10.0. The molecule has 0 amide bonds. The summed E-state index contributed by atoms with van der Waals surface area (Å²) in [6.45, 7) is 4.23. The predicted octanol–water partition coefficient (Wildman–Crippen LogP) is -0.338. The molecule has 4 rings (SSSR count). The van der Waals surface area contributed by atoms with Crippen LogP contribution in [0.1, 0.15) is 44.9 Å². The quantitative estimate of drug-likeness (QED) is 0.355. The first-order valence-corrected chi connectivity index (χ1v) is 14.2. The lowest BCUT2D eigenvalue weighted by Gasteiger charge is -2.44.